The summed E-state index contributed by atoms with van der Waals surface area (Å²) in [7, 11) is -2.87. The Bertz CT molecular complexity index is 137. The lowest BCUT2D eigenvalue weighted by atomic mass is 10.9. The summed E-state index contributed by atoms with van der Waals surface area (Å²) < 4.78 is 17.3. The van der Waals surface area contributed by atoms with Crippen molar-refractivity contribution in [1.29, 1.82) is 0 Å². The van der Waals surface area contributed by atoms with E-state index in [4.69, 9.17) is 13.3 Å². The third-order valence-electron chi connectivity index (χ3n) is 2.12. The van der Waals surface area contributed by atoms with Crippen LogP contribution in [0.3, 0.4) is 0 Å². The topological polar surface area (TPSA) is 27.7 Å². The molecule has 3 nitrogen and oxygen atoms in total. The Morgan fingerprint density at radius 2 is 1.27 bits per heavy atom. The van der Waals surface area contributed by atoms with Crippen molar-refractivity contribution in [2.45, 2.75) is 46.0 Å². The first kappa shape index (κ1) is 15.3. The molecule has 5 heteroatoms. The van der Waals surface area contributed by atoms with E-state index in [1.165, 1.54) is 6.04 Å². The lowest BCUT2D eigenvalue weighted by Crippen LogP contribution is -2.46. The van der Waals surface area contributed by atoms with E-state index in [-0.39, 0.29) is 0 Å². The van der Waals surface area contributed by atoms with E-state index < -0.39 is 17.6 Å². The van der Waals surface area contributed by atoms with E-state index in [2.05, 4.69) is 13.1 Å². The summed E-state index contributed by atoms with van der Waals surface area (Å²) in [5.74, 6) is 0. The zero-order valence-electron chi connectivity index (χ0n) is 10.8. The maximum Gasteiger partial charge on any atom is 0.500 e. The van der Waals surface area contributed by atoms with Crippen molar-refractivity contribution in [3.63, 3.8) is 0 Å². The maximum atomic E-state index is 5.78. The Kier molecular flexibility index (Phi) is 8.64. The summed E-state index contributed by atoms with van der Waals surface area (Å²) in [6.07, 6.45) is 0. The monoisotopic (exact) mass is 250 g/mol. The Morgan fingerprint density at radius 3 is 1.53 bits per heavy atom. The van der Waals surface area contributed by atoms with Crippen LogP contribution in [-0.4, -0.2) is 37.4 Å². The standard InChI is InChI=1S/C10H26O3Si2/c1-6-11-15(12-7-2,13-8-3)10-9-14(4)5/h14H,6-10H2,1-5H3. The van der Waals surface area contributed by atoms with Crippen molar-refractivity contribution in [3.05, 3.63) is 0 Å². The fourth-order valence-corrected chi connectivity index (χ4v) is 7.19. The molecule has 0 aromatic rings. The molecule has 0 saturated heterocycles. The number of hydrogen-bond acceptors (Lipinski definition) is 3. The molecular formula is C10H26O3Si2. The first-order valence-electron chi connectivity index (χ1n) is 6.02. The van der Waals surface area contributed by atoms with E-state index in [1.807, 2.05) is 20.8 Å². The molecule has 92 valence electrons. The van der Waals surface area contributed by atoms with Crippen molar-refractivity contribution in [2.75, 3.05) is 19.8 Å². The Balaban J connectivity index is 4.31. The van der Waals surface area contributed by atoms with Gasteiger partial charge in [0.1, 0.15) is 0 Å². The molecule has 0 aliphatic rings. The van der Waals surface area contributed by atoms with Gasteiger partial charge in [0.15, 0.2) is 0 Å². The molecule has 0 bridgehead atoms. The third kappa shape index (κ3) is 6.47. The minimum Gasteiger partial charge on any atom is -0.374 e. The van der Waals surface area contributed by atoms with E-state index in [0.29, 0.717) is 19.8 Å². The van der Waals surface area contributed by atoms with Crippen molar-refractivity contribution < 1.29 is 13.3 Å². The number of rotatable bonds is 9. The average Bonchev–Trinajstić information content (AvgIpc) is 2.16. The van der Waals surface area contributed by atoms with Crippen LogP contribution in [0.4, 0.5) is 0 Å². The quantitative estimate of drug-likeness (QED) is 0.589. The fourth-order valence-electron chi connectivity index (χ4n) is 1.47. The molecule has 0 radical (unpaired) electrons. The summed E-state index contributed by atoms with van der Waals surface area (Å²) in [5, 5.41) is 0. The highest BCUT2D eigenvalue weighted by molar-refractivity contribution is 6.64. The lowest BCUT2D eigenvalue weighted by molar-refractivity contribution is 0.0725. The predicted molar refractivity (Wildman–Crippen MR) is 69.1 cm³/mol. The van der Waals surface area contributed by atoms with Gasteiger partial charge in [-0.2, -0.15) is 0 Å². The SMILES string of the molecule is CCO[Si](CC[SiH](C)C)(OCC)OCC. The molecule has 0 saturated carbocycles. The van der Waals surface area contributed by atoms with Gasteiger partial charge in [0.05, 0.1) is 0 Å². The summed E-state index contributed by atoms with van der Waals surface area (Å²) in [6, 6.07) is 2.23. The van der Waals surface area contributed by atoms with Crippen LogP contribution in [0.2, 0.25) is 25.2 Å². The first-order chi connectivity index (χ1) is 7.10. The molecule has 0 aromatic heterocycles. The van der Waals surface area contributed by atoms with E-state index >= 15 is 0 Å². The van der Waals surface area contributed by atoms with Crippen LogP contribution in [-0.2, 0) is 13.3 Å². The Morgan fingerprint density at radius 1 is 0.867 bits per heavy atom. The second-order valence-electron chi connectivity index (χ2n) is 3.91. The minimum absolute atomic E-state index is 0.551. The molecule has 0 heterocycles. The van der Waals surface area contributed by atoms with Gasteiger partial charge in [-0.15, -0.1) is 0 Å². The van der Waals surface area contributed by atoms with Crippen LogP contribution in [0, 0.1) is 0 Å². The second kappa shape index (κ2) is 8.46. The zero-order chi connectivity index (χ0) is 11.7. The average molecular weight is 250 g/mol. The lowest BCUT2D eigenvalue weighted by Gasteiger charge is -2.28. The summed E-state index contributed by atoms with van der Waals surface area (Å²) in [6.45, 7) is 12.8. The van der Waals surface area contributed by atoms with Crippen LogP contribution in [0.1, 0.15) is 20.8 Å². The highest BCUT2D eigenvalue weighted by Gasteiger charge is 2.39. The van der Waals surface area contributed by atoms with Crippen molar-refractivity contribution in [2.24, 2.45) is 0 Å². The minimum atomic E-state index is -2.32. The fraction of sp³-hybridized carbons (Fsp3) is 1.00. The van der Waals surface area contributed by atoms with Crippen molar-refractivity contribution >= 4 is 17.6 Å². The molecule has 0 aliphatic heterocycles. The highest BCUT2D eigenvalue weighted by atomic mass is 28.4. The van der Waals surface area contributed by atoms with Gasteiger partial charge in [0.2, 0.25) is 0 Å². The van der Waals surface area contributed by atoms with Gasteiger partial charge in [-0.05, 0) is 20.8 Å². The molecule has 0 atom stereocenters. The molecule has 0 amide bonds. The van der Waals surface area contributed by atoms with E-state index in [0.717, 1.165) is 6.04 Å². The molecule has 0 fully saturated rings. The largest absolute Gasteiger partial charge is 0.500 e. The molecule has 0 unspecified atom stereocenters. The Labute approximate surface area is 97.1 Å². The van der Waals surface area contributed by atoms with Crippen LogP contribution in [0.15, 0.2) is 0 Å². The van der Waals surface area contributed by atoms with Gasteiger partial charge in [-0.1, -0.05) is 19.1 Å². The van der Waals surface area contributed by atoms with Crippen LogP contribution in [0.25, 0.3) is 0 Å². The number of hydrogen-bond donors (Lipinski definition) is 0. The van der Waals surface area contributed by atoms with Gasteiger partial charge >= 0.3 is 8.80 Å². The molecule has 0 aromatic carbocycles. The van der Waals surface area contributed by atoms with Crippen LogP contribution >= 0.6 is 0 Å². The normalized spacial score (nSPS) is 12.4. The predicted octanol–water partition coefficient (Wildman–Crippen LogP) is 2.52. The molecule has 0 aliphatic carbocycles. The van der Waals surface area contributed by atoms with E-state index in [9.17, 15) is 0 Å². The summed E-state index contributed by atoms with van der Waals surface area (Å²) >= 11 is 0. The van der Waals surface area contributed by atoms with Gasteiger partial charge in [0.25, 0.3) is 0 Å². The second-order valence-corrected chi connectivity index (χ2v) is 10.0. The molecule has 0 N–H and O–H groups in total. The molecule has 0 rings (SSSR count). The maximum absolute atomic E-state index is 5.78. The van der Waals surface area contributed by atoms with Crippen LogP contribution in [0.5, 0.6) is 0 Å². The first-order valence-corrected chi connectivity index (χ1v) is 11.1. The van der Waals surface area contributed by atoms with Gasteiger partial charge in [-0.3, -0.25) is 0 Å². The molecule has 15 heavy (non-hydrogen) atoms. The van der Waals surface area contributed by atoms with Gasteiger partial charge in [-0.25, -0.2) is 0 Å². The molecule has 0 spiro atoms. The summed E-state index contributed by atoms with van der Waals surface area (Å²) in [5.41, 5.74) is 0. The van der Waals surface area contributed by atoms with Crippen molar-refractivity contribution in [1.82, 2.24) is 0 Å². The van der Waals surface area contributed by atoms with Gasteiger partial charge < -0.3 is 13.3 Å². The zero-order valence-corrected chi connectivity index (χ0v) is 13.0. The van der Waals surface area contributed by atoms with Gasteiger partial charge in [0, 0.05) is 34.7 Å². The van der Waals surface area contributed by atoms with Crippen LogP contribution < -0.4 is 0 Å². The van der Waals surface area contributed by atoms with E-state index in [1.54, 1.807) is 0 Å². The van der Waals surface area contributed by atoms with Crippen molar-refractivity contribution in [3.8, 4) is 0 Å². The molecular weight excluding hydrogens is 224 g/mol. The highest BCUT2D eigenvalue weighted by Crippen LogP contribution is 2.19. The third-order valence-corrected chi connectivity index (χ3v) is 7.23. The Hall–Kier alpha value is 0.314. The smallest absolute Gasteiger partial charge is 0.374 e. The summed E-state index contributed by atoms with van der Waals surface area (Å²) in [4.78, 5) is 0.